The Kier molecular flexibility index (Phi) is 8.11. The number of carbonyl (C=O) groups excluding carboxylic acids is 2. The van der Waals surface area contributed by atoms with E-state index in [9.17, 15) is 14.7 Å². The van der Waals surface area contributed by atoms with Crippen LogP contribution in [0, 0.1) is 0 Å². The summed E-state index contributed by atoms with van der Waals surface area (Å²) in [6.07, 6.45) is 5.97. The lowest BCUT2D eigenvalue weighted by Crippen LogP contribution is -2.33. The van der Waals surface area contributed by atoms with E-state index in [-0.39, 0.29) is 17.9 Å². The summed E-state index contributed by atoms with van der Waals surface area (Å²) in [5.74, 6) is -0.191. The summed E-state index contributed by atoms with van der Waals surface area (Å²) in [6.45, 7) is 0.659. The van der Waals surface area contributed by atoms with Crippen LogP contribution < -0.4 is 0 Å². The smallest absolute Gasteiger partial charge is 0.337 e. The van der Waals surface area contributed by atoms with Crippen molar-refractivity contribution in [3.63, 3.8) is 0 Å². The number of likely N-dealkylation sites (tertiary alicyclic amines) is 1. The molecule has 0 saturated carbocycles. The zero-order valence-corrected chi connectivity index (χ0v) is 20.0. The van der Waals surface area contributed by atoms with Gasteiger partial charge in [0.1, 0.15) is 0 Å². The lowest BCUT2D eigenvalue weighted by Gasteiger charge is -2.23. The molecule has 1 aliphatic heterocycles. The Hall–Kier alpha value is -3.70. The average molecular weight is 470 g/mol. The maximum absolute atomic E-state index is 12.5. The van der Waals surface area contributed by atoms with Crippen molar-refractivity contribution in [3.05, 3.63) is 108 Å². The van der Waals surface area contributed by atoms with Crippen LogP contribution in [0.1, 0.15) is 46.9 Å². The van der Waals surface area contributed by atoms with E-state index in [1.54, 1.807) is 18.2 Å². The molecule has 0 aliphatic carbocycles. The Morgan fingerprint density at radius 3 is 2.54 bits per heavy atom. The van der Waals surface area contributed by atoms with E-state index in [1.165, 1.54) is 7.11 Å². The normalized spacial score (nSPS) is 16.6. The number of nitrogens with zero attached hydrogens (tertiary/aromatic N) is 1. The molecule has 1 aliphatic rings. The summed E-state index contributed by atoms with van der Waals surface area (Å²) < 4.78 is 4.73. The van der Waals surface area contributed by atoms with Crippen molar-refractivity contribution in [2.24, 2.45) is 0 Å². The Morgan fingerprint density at radius 1 is 1.06 bits per heavy atom. The molecule has 1 amide bonds. The molecule has 1 heterocycles. The first-order chi connectivity index (χ1) is 17.0. The summed E-state index contributed by atoms with van der Waals surface area (Å²) in [5.41, 5.74) is 4.65. The molecule has 2 atom stereocenters. The highest BCUT2D eigenvalue weighted by atomic mass is 16.5. The third-order valence-electron chi connectivity index (χ3n) is 6.46. The predicted octanol–water partition coefficient (Wildman–Crippen LogP) is 5.35. The number of hydrogen-bond acceptors (Lipinski definition) is 4. The van der Waals surface area contributed by atoms with Crippen LogP contribution in [0.15, 0.2) is 91.0 Å². The number of benzene rings is 3. The molecule has 1 fully saturated rings. The second-order valence-corrected chi connectivity index (χ2v) is 8.81. The van der Waals surface area contributed by atoms with E-state index in [0.717, 1.165) is 41.5 Å². The van der Waals surface area contributed by atoms with E-state index < -0.39 is 6.10 Å². The standard InChI is InChI=1S/C30H31NO4/c1-35-30(34)24-14-12-22(13-15-24)7-6-20-31-27(17-19-29(31)33)16-18-28(32)26-11-5-10-25(21-26)23-8-3-2-4-9-23/h2-5,8-16,18,21,27-28,32H,6-7,17,19-20H2,1H3/b18-16+/t27-,28?/m0/s1. The monoisotopic (exact) mass is 469 g/mol. The van der Waals surface area contributed by atoms with Gasteiger partial charge in [0.25, 0.3) is 0 Å². The molecule has 5 nitrogen and oxygen atoms in total. The summed E-state index contributed by atoms with van der Waals surface area (Å²) in [5, 5.41) is 10.8. The molecule has 3 aromatic rings. The molecule has 35 heavy (non-hydrogen) atoms. The third kappa shape index (κ3) is 6.25. The fourth-order valence-electron chi connectivity index (χ4n) is 4.50. The minimum Gasteiger partial charge on any atom is -0.465 e. The first-order valence-corrected chi connectivity index (χ1v) is 12.0. The highest BCUT2D eigenvalue weighted by molar-refractivity contribution is 5.89. The zero-order valence-electron chi connectivity index (χ0n) is 20.0. The van der Waals surface area contributed by atoms with Gasteiger partial charge in [0.2, 0.25) is 5.91 Å². The van der Waals surface area contributed by atoms with Crippen LogP contribution in [0.2, 0.25) is 0 Å². The summed E-state index contributed by atoms with van der Waals surface area (Å²) in [4.78, 5) is 26.0. The minimum atomic E-state index is -0.732. The van der Waals surface area contributed by atoms with Gasteiger partial charge < -0.3 is 14.7 Å². The molecule has 180 valence electrons. The van der Waals surface area contributed by atoms with Gasteiger partial charge in [-0.1, -0.05) is 72.8 Å². The molecule has 5 heteroatoms. The molecule has 1 unspecified atom stereocenters. The van der Waals surface area contributed by atoms with Gasteiger partial charge in [-0.25, -0.2) is 4.79 Å². The minimum absolute atomic E-state index is 0.00356. The maximum Gasteiger partial charge on any atom is 0.337 e. The first-order valence-electron chi connectivity index (χ1n) is 12.0. The quantitative estimate of drug-likeness (QED) is 0.339. The maximum atomic E-state index is 12.5. The number of aliphatic hydroxyl groups excluding tert-OH is 1. The van der Waals surface area contributed by atoms with Crippen molar-refractivity contribution in [2.45, 2.75) is 37.8 Å². The number of rotatable bonds is 9. The molecule has 3 aromatic carbocycles. The van der Waals surface area contributed by atoms with Crippen LogP contribution in [0.25, 0.3) is 11.1 Å². The third-order valence-corrected chi connectivity index (χ3v) is 6.46. The zero-order chi connectivity index (χ0) is 24.6. The molecule has 0 bridgehead atoms. The van der Waals surface area contributed by atoms with Gasteiger partial charge in [0, 0.05) is 13.0 Å². The summed E-state index contributed by atoms with van der Waals surface area (Å²) in [7, 11) is 1.37. The van der Waals surface area contributed by atoms with Gasteiger partial charge in [-0.15, -0.1) is 0 Å². The molecule has 0 radical (unpaired) electrons. The van der Waals surface area contributed by atoms with Crippen LogP contribution in [-0.2, 0) is 16.0 Å². The Balaban J connectivity index is 1.34. The van der Waals surface area contributed by atoms with Gasteiger partial charge in [-0.3, -0.25) is 4.79 Å². The summed E-state index contributed by atoms with van der Waals surface area (Å²) >= 11 is 0. The fourth-order valence-corrected chi connectivity index (χ4v) is 4.50. The average Bonchev–Trinajstić information content (AvgIpc) is 3.26. The van der Waals surface area contributed by atoms with Gasteiger partial charge in [0.15, 0.2) is 0 Å². The SMILES string of the molecule is COC(=O)c1ccc(CCCN2C(=O)CC[C@@H]2/C=C/C(O)c2cccc(-c3ccccc3)c2)cc1. The van der Waals surface area contributed by atoms with Crippen molar-refractivity contribution < 1.29 is 19.4 Å². The number of amides is 1. The van der Waals surface area contributed by atoms with Crippen LogP contribution in [0.3, 0.4) is 0 Å². The number of aliphatic hydroxyl groups is 1. The van der Waals surface area contributed by atoms with Gasteiger partial charge >= 0.3 is 5.97 Å². The van der Waals surface area contributed by atoms with Crippen molar-refractivity contribution in [1.82, 2.24) is 4.90 Å². The lowest BCUT2D eigenvalue weighted by molar-refractivity contribution is -0.128. The highest BCUT2D eigenvalue weighted by Gasteiger charge is 2.28. The number of ether oxygens (including phenoxy) is 1. The van der Waals surface area contributed by atoms with E-state index in [2.05, 4.69) is 12.1 Å². The van der Waals surface area contributed by atoms with Crippen molar-refractivity contribution >= 4 is 11.9 Å². The molecule has 1 saturated heterocycles. The second kappa shape index (κ2) is 11.6. The summed E-state index contributed by atoms with van der Waals surface area (Å²) in [6, 6.07) is 25.4. The molecule has 0 spiro atoms. The van der Waals surface area contributed by atoms with E-state index in [1.807, 2.05) is 65.6 Å². The van der Waals surface area contributed by atoms with Gasteiger partial charge in [-0.2, -0.15) is 0 Å². The van der Waals surface area contributed by atoms with E-state index in [0.29, 0.717) is 18.5 Å². The highest BCUT2D eigenvalue weighted by Crippen LogP contribution is 2.26. The topological polar surface area (TPSA) is 66.8 Å². The van der Waals surface area contributed by atoms with Crippen LogP contribution in [-0.4, -0.2) is 41.6 Å². The first kappa shape index (κ1) is 24.4. The predicted molar refractivity (Wildman–Crippen MR) is 137 cm³/mol. The number of esters is 1. The largest absolute Gasteiger partial charge is 0.465 e. The Labute approximate surface area is 206 Å². The Bertz CT molecular complexity index is 1170. The van der Waals surface area contributed by atoms with Crippen LogP contribution in [0.5, 0.6) is 0 Å². The lowest BCUT2D eigenvalue weighted by atomic mass is 10.00. The molecule has 4 rings (SSSR count). The molecule has 0 aromatic heterocycles. The number of carbonyl (C=O) groups is 2. The van der Waals surface area contributed by atoms with Crippen molar-refractivity contribution in [1.29, 1.82) is 0 Å². The van der Waals surface area contributed by atoms with Crippen LogP contribution in [0.4, 0.5) is 0 Å². The molecule has 1 N–H and O–H groups in total. The van der Waals surface area contributed by atoms with E-state index >= 15 is 0 Å². The Morgan fingerprint density at radius 2 is 1.80 bits per heavy atom. The number of aryl methyl sites for hydroxylation is 1. The fraction of sp³-hybridized carbons (Fsp3) is 0.267. The van der Waals surface area contributed by atoms with Gasteiger partial charge in [-0.05, 0) is 59.7 Å². The van der Waals surface area contributed by atoms with Crippen molar-refractivity contribution in [2.75, 3.05) is 13.7 Å². The molecular weight excluding hydrogens is 438 g/mol. The van der Waals surface area contributed by atoms with Crippen molar-refractivity contribution in [3.8, 4) is 11.1 Å². The van der Waals surface area contributed by atoms with Crippen LogP contribution >= 0.6 is 0 Å². The number of hydrogen-bond donors (Lipinski definition) is 1. The van der Waals surface area contributed by atoms with Gasteiger partial charge in [0.05, 0.1) is 24.8 Å². The second-order valence-electron chi connectivity index (χ2n) is 8.81. The number of methoxy groups -OCH3 is 1. The molecular formula is C30H31NO4. The van der Waals surface area contributed by atoms with E-state index in [4.69, 9.17) is 4.74 Å².